The van der Waals surface area contributed by atoms with Gasteiger partial charge < -0.3 is 9.32 Å². The summed E-state index contributed by atoms with van der Waals surface area (Å²) in [5.41, 5.74) is 9.77. The maximum Gasteiger partial charge on any atom is 0.235 e. The highest BCUT2D eigenvalue weighted by molar-refractivity contribution is 6.29. The predicted molar refractivity (Wildman–Crippen MR) is 219 cm³/mol. The summed E-state index contributed by atoms with van der Waals surface area (Å²) in [4.78, 5) is 12.8. The monoisotopic (exact) mass is 678 g/mol. The first-order chi connectivity index (χ1) is 26.3. The van der Waals surface area contributed by atoms with E-state index in [-0.39, 0.29) is 0 Å². The molecule has 0 aliphatic rings. The molecule has 3 heterocycles. The maximum absolute atomic E-state index is 7.08. The average Bonchev–Trinajstić information content (AvgIpc) is 3.77. The Kier molecular flexibility index (Phi) is 6.48. The Labute approximate surface area is 304 Å². The van der Waals surface area contributed by atoms with Crippen molar-refractivity contribution in [1.29, 1.82) is 0 Å². The molecule has 5 nitrogen and oxygen atoms in total. The second kappa shape index (κ2) is 11.7. The van der Waals surface area contributed by atoms with Crippen LogP contribution in [0.1, 0.15) is 0 Å². The van der Waals surface area contributed by atoms with Gasteiger partial charge in [0.15, 0.2) is 0 Å². The van der Waals surface area contributed by atoms with Crippen molar-refractivity contribution in [2.75, 3.05) is 4.90 Å². The fourth-order valence-corrected chi connectivity index (χ4v) is 8.09. The van der Waals surface area contributed by atoms with E-state index in [1.54, 1.807) is 0 Å². The topological polar surface area (TPSA) is 47.1 Å². The molecular weight excluding hydrogens is 649 g/mol. The Bertz CT molecular complexity index is 3130. The summed E-state index contributed by atoms with van der Waals surface area (Å²) in [6.07, 6.45) is 0. The summed E-state index contributed by atoms with van der Waals surface area (Å²) in [5.74, 6) is 0.623. The summed E-state index contributed by atoms with van der Waals surface area (Å²) < 4.78 is 9.26. The molecule has 5 heteroatoms. The molecular formula is C48H30N4O. The fourth-order valence-electron chi connectivity index (χ4n) is 8.09. The molecule has 0 fully saturated rings. The first-order valence-corrected chi connectivity index (χ1v) is 17.8. The molecule has 3 aromatic heterocycles. The number of hydrogen-bond donors (Lipinski definition) is 0. The number of rotatable bonds is 5. The summed E-state index contributed by atoms with van der Waals surface area (Å²) >= 11 is 0. The molecule has 0 saturated heterocycles. The van der Waals surface area contributed by atoms with Crippen molar-refractivity contribution < 1.29 is 4.42 Å². The molecule has 0 radical (unpaired) electrons. The van der Waals surface area contributed by atoms with Gasteiger partial charge in [0.05, 0.1) is 33.3 Å². The lowest BCUT2D eigenvalue weighted by Gasteiger charge is -2.26. The van der Waals surface area contributed by atoms with Crippen molar-refractivity contribution in [2.24, 2.45) is 0 Å². The SMILES string of the molecule is c1ccc(-c2nc(-n3c4ccccc4c4c5oc6cc(N(c7ccccc7)c7ccccc7)c7ccccc7c6c5ccc43)nc3ccccc23)cc1. The molecule has 0 bridgehead atoms. The number of benzene rings is 8. The highest BCUT2D eigenvalue weighted by Crippen LogP contribution is 2.47. The van der Waals surface area contributed by atoms with Crippen molar-refractivity contribution in [3.63, 3.8) is 0 Å². The normalized spacial score (nSPS) is 11.8. The van der Waals surface area contributed by atoms with E-state index in [2.05, 4.69) is 173 Å². The van der Waals surface area contributed by atoms with Crippen LogP contribution in [0.4, 0.5) is 17.1 Å². The van der Waals surface area contributed by atoms with Gasteiger partial charge in [-0.2, -0.15) is 0 Å². The molecule has 0 atom stereocenters. The van der Waals surface area contributed by atoms with Crippen LogP contribution in [0.5, 0.6) is 0 Å². The van der Waals surface area contributed by atoms with E-state index >= 15 is 0 Å². The molecule has 8 aromatic carbocycles. The van der Waals surface area contributed by atoms with Crippen molar-refractivity contribution in [2.45, 2.75) is 0 Å². The Balaban J connectivity index is 1.22. The Morgan fingerprint density at radius 2 is 1.06 bits per heavy atom. The molecule has 53 heavy (non-hydrogen) atoms. The lowest BCUT2D eigenvalue weighted by Crippen LogP contribution is -2.10. The minimum absolute atomic E-state index is 0.623. The first-order valence-electron chi connectivity index (χ1n) is 17.8. The summed E-state index contributed by atoms with van der Waals surface area (Å²) in [6.45, 7) is 0. The van der Waals surface area contributed by atoms with Crippen molar-refractivity contribution >= 4 is 82.5 Å². The minimum atomic E-state index is 0.623. The zero-order valence-electron chi connectivity index (χ0n) is 28.5. The number of nitrogens with zero attached hydrogens (tertiary/aromatic N) is 4. The first kappa shape index (κ1) is 29.5. The third-order valence-corrected chi connectivity index (χ3v) is 10.4. The van der Waals surface area contributed by atoms with Gasteiger partial charge in [0.1, 0.15) is 11.2 Å². The van der Waals surface area contributed by atoms with Crippen LogP contribution >= 0.6 is 0 Å². The molecule has 0 aliphatic carbocycles. The maximum atomic E-state index is 7.08. The molecule has 0 saturated carbocycles. The lowest BCUT2D eigenvalue weighted by molar-refractivity contribution is 0.673. The van der Waals surface area contributed by atoms with Gasteiger partial charge in [-0.15, -0.1) is 0 Å². The number of anilines is 3. The predicted octanol–water partition coefficient (Wildman–Crippen LogP) is 12.9. The van der Waals surface area contributed by atoms with Gasteiger partial charge in [-0.1, -0.05) is 127 Å². The molecule has 0 spiro atoms. The summed E-state index contributed by atoms with van der Waals surface area (Å²) in [5, 5.41) is 7.62. The van der Waals surface area contributed by atoms with E-state index in [0.29, 0.717) is 5.95 Å². The van der Waals surface area contributed by atoms with Crippen molar-refractivity contribution in [1.82, 2.24) is 14.5 Å². The molecule has 248 valence electrons. The van der Waals surface area contributed by atoms with E-state index in [9.17, 15) is 0 Å². The van der Waals surface area contributed by atoms with E-state index in [1.807, 2.05) is 18.2 Å². The molecule has 0 N–H and O–H groups in total. The van der Waals surface area contributed by atoms with Crippen LogP contribution < -0.4 is 4.90 Å². The molecule has 0 aliphatic heterocycles. The van der Waals surface area contributed by atoms with Crippen LogP contribution in [-0.4, -0.2) is 14.5 Å². The van der Waals surface area contributed by atoms with E-state index in [0.717, 1.165) is 93.7 Å². The number of aromatic nitrogens is 3. The summed E-state index contributed by atoms with van der Waals surface area (Å²) in [6, 6.07) is 63.5. The second-order valence-corrected chi connectivity index (χ2v) is 13.4. The third-order valence-electron chi connectivity index (χ3n) is 10.4. The number of fused-ring (bicyclic) bond motifs is 10. The summed E-state index contributed by atoms with van der Waals surface area (Å²) in [7, 11) is 0. The standard InChI is InChI=1S/C48H30N4O/c1-4-16-31(17-5-1)46-36-24-12-14-26-39(36)49-48(50-46)52-40-27-15-13-25-37(40)45-41(52)29-28-38-44-35-23-11-10-22-34(35)42(30-43(44)53-47(38)45)51(32-18-6-2-7-19-32)33-20-8-3-9-21-33/h1-30H. The number of hydrogen-bond acceptors (Lipinski definition) is 4. The van der Waals surface area contributed by atoms with Crippen molar-refractivity contribution in [3.05, 3.63) is 182 Å². The highest BCUT2D eigenvalue weighted by atomic mass is 16.3. The number of furan rings is 1. The minimum Gasteiger partial charge on any atom is -0.455 e. The molecule has 11 rings (SSSR count). The van der Waals surface area contributed by atoms with Crippen LogP contribution in [0, 0.1) is 0 Å². The van der Waals surface area contributed by atoms with E-state index in [1.165, 1.54) is 0 Å². The fraction of sp³-hybridized carbons (Fsp3) is 0. The van der Waals surface area contributed by atoms with Gasteiger partial charge in [-0.05, 0) is 53.9 Å². The van der Waals surface area contributed by atoms with Crippen LogP contribution in [0.2, 0.25) is 0 Å². The Hall–Kier alpha value is -7.24. The van der Waals surface area contributed by atoms with Crippen molar-refractivity contribution in [3.8, 4) is 17.2 Å². The van der Waals surface area contributed by atoms with Crippen LogP contribution in [-0.2, 0) is 0 Å². The highest BCUT2D eigenvalue weighted by Gasteiger charge is 2.24. The third kappa shape index (κ3) is 4.51. The van der Waals surface area contributed by atoms with Gasteiger partial charge in [-0.25, -0.2) is 9.97 Å². The zero-order valence-corrected chi connectivity index (χ0v) is 28.5. The van der Waals surface area contributed by atoms with E-state index < -0.39 is 0 Å². The molecule has 0 amide bonds. The molecule has 0 unspecified atom stereocenters. The Morgan fingerprint density at radius 3 is 1.79 bits per heavy atom. The molecule has 11 aromatic rings. The second-order valence-electron chi connectivity index (χ2n) is 13.4. The van der Waals surface area contributed by atoms with Gasteiger partial charge in [0.25, 0.3) is 0 Å². The number of para-hydroxylation sites is 4. The van der Waals surface area contributed by atoms with Gasteiger partial charge in [0.2, 0.25) is 5.95 Å². The average molecular weight is 679 g/mol. The van der Waals surface area contributed by atoms with Gasteiger partial charge >= 0.3 is 0 Å². The smallest absolute Gasteiger partial charge is 0.235 e. The van der Waals surface area contributed by atoms with E-state index in [4.69, 9.17) is 14.4 Å². The van der Waals surface area contributed by atoms with Crippen LogP contribution in [0.3, 0.4) is 0 Å². The quantitative estimate of drug-likeness (QED) is 0.182. The largest absolute Gasteiger partial charge is 0.455 e. The van der Waals surface area contributed by atoms with Crippen LogP contribution in [0.25, 0.3) is 82.6 Å². The van der Waals surface area contributed by atoms with Crippen LogP contribution in [0.15, 0.2) is 186 Å². The Morgan fingerprint density at radius 1 is 0.453 bits per heavy atom. The van der Waals surface area contributed by atoms with Gasteiger partial charge in [-0.3, -0.25) is 4.57 Å². The lowest BCUT2D eigenvalue weighted by atomic mass is 10.00. The van der Waals surface area contributed by atoms with Gasteiger partial charge in [0, 0.05) is 49.9 Å². The zero-order chi connectivity index (χ0) is 34.9.